The number of para-hydroxylation sites is 3. The number of hydrogen-bond acceptors (Lipinski definition) is 8. The van der Waals surface area contributed by atoms with Gasteiger partial charge in [0.15, 0.2) is 5.82 Å². The second-order valence-electron chi connectivity index (χ2n) is 32.5. The molecule has 124 heavy (non-hydrogen) atoms. The normalized spacial score (nSPS) is 13.1. The molecule has 0 fully saturated rings. The van der Waals surface area contributed by atoms with Crippen molar-refractivity contribution in [3.63, 3.8) is 0 Å². The van der Waals surface area contributed by atoms with Crippen molar-refractivity contribution in [3.8, 4) is 135 Å². The molecule has 0 unspecified atom stereocenters. The summed E-state index contributed by atoms with van der Waals surface area (Å²) in [6.07, 6.45) is 0. The lowest BCUT2D eigenvalue weighted by molar-refractivity contribution is 0.437. The van der Waals surface area contributed by atoms with E-state index in [0.717, 1.165) is 195 Å². The van der Waals surface area contributed by atoms with E-state index in [9.17, 15) is 0 Å². The summed E-state index contributed by atoms with van der Waals surface area (Å²) in [5, 5.41) is 8.65. The molecule has 5 aromatic heterocycles. The van der Waals surface area contributed by atoms with Gasteiger partial charge < -0.3 is 9.47 Å². The maximum atomic E-state index is 6.97. The third-order valence-electron chi connectivity index (χ3n) is 25.8. The highest BCUT2D eigenvalue weighted by Crippen LogP contribution is 2.65. The van der Waals surface area contributed by atoms with Gasteiger partial charge in [-0.15, -0.1) is 0 Å². The van der Waals surface area contributed by atoms with E-state index in [4.69, 9.17) is 39.4 Å². The van der Waals surface area contributed by atoms with E-state index in [-0.39, 0.29) is 0 Å². The van der Waals surface area contributed by atoms with Gasteiger partial charge >= 0.3 is 0 Å². The van der Waals surface area contributed by atoms with Crippen LogP contribution in [0, 0.1) is 0 Å². The minimum absolute atomic E-state index is 0.567. The van der Waals surface area contributed by atoms with Gasteiger partial charge in [-0.1, -0.05) is 352 Å². The van der Waals surface area contributed by atoms with Crippen LogP contribution >= 0.6 is 0 Å². The Balaban J connectivity index is 0.000000136. The summed E-state index contributed by atoms with van der Waals surface area (Å²) in [4.78, 5) is 31.5. The summed E-state index contributed by atoms with van der Waals surface area (Å²) in [5.41, 5.74) is 32.0. The van der Waals surface area contributed by atoms with Gasteiger partial charge in [-0.25, -0.2) is 29.9 Å². The van der Waals surface area contributed by atoms with E-state index in [1.165, 1.54) is 44.5 Å². The number of benzene rings is 17. The summed E-state index contributed by atoms with van der Waals surface area (Å²) in [6, 6.07) is 151. The molecule has 0 bridgehead atoms. The van der Waals surface area contributed by atoms with Crippen LogP contribution in [0.1, 0.15) is 44.5 Å². The lowest BCUT2D eigenvalue weighted by Crippen LogP contribution is -2.32. The van der Waals surface area contributed by atoms with Crippen molar-refractivity contribution in [2.75, 3.05) is 0 Å². The first kappa shape index (κ1) is 70.6. The quantitative estimate of drug-likeness (QED) is 0.139. The molecular weight excluding hydrogens is 1510 g/mol. The van der Waals surface area contributed by atoms with E-state index >= 15 is 0 Å². The van der Waals surface area contributed by atoms with Crippen molar-refractivity contribution in [2.45, 2.75) is 10.8 Å². The van der Waals surface area contributed by atoms with Gasteiger partial charge in [0.2, 0.25) is 0 Å². The molecule has 0 N–H and O–H groups in total. The van der Waals surface area contributed by atoms with Crippen LogP contribution in [0.5, 0.6) is 23.0 Å². The topological polar surface area (TPSA) is 95.8 Å². The first-order valence-electron chi connectivity index (χ1n) is 42.2. The molecule has 17 aromatic carbocycles. The van der Waals surface area contributed by atoms with Gasteiger partial charge in [0.1, 0.15) is 23.0 Å². The average Bonchev–Trinajstić information content (AvgIpc) is 1.47. The zero-order valence-corrected chi connectivity index (χ0v) is 66.9. The number of fused-ring (bicyclic) bond motifs is 27. The van der Waals surface area contributed by atoms with Crippen LogP contribution in [0.15, 0.2) is 425 Å². The fraction of sp³-hybridized carbons (Fsp3) is 0.0172. The summed E-state index contributed by atoms with van der Waals surface area (Å²) in [7, 11) is 0. The number of rotatable bonds is 8. The molecule has 8 heteroatoms. The van der Waals surface area contributed by atoms with Gasteiger partial charge in [0.05, 0.1) is 67.1 Å². The molecule has 0 saturated heterocycles. The second-order valence-corrected chi connectivity index (χ2v) is 32.5. The van der Waals surface area contributed by atoms with Crippen molar-refractivity contribution in [3.05, 3.63) is 469 Å². The Kier molecular flexibility index (Phi) is 16.0. The van der Waals surface area contributed by atoms with Crippen LogP contribution in [0.3, 0.4) is 0 Å². The predicted molar refractivity (Wildman–Crippen MR) is 503 cm³/mol. The Morgan fingerprint density at radius 1 is 0.177 bits per heavy atom. The van der Waals surface area contributed by atoms with E-state index in [1.807, 2.05) is 54.6 Å². The van der Waals surface area contributed by atoms with E-state index in [2.05, 4.69) is 370 Å². The third-order valence-corrected chi connectivity index (χ3v) is 25.8. The summed E-state index contributed by atoms with van der Waals surface area (Å²) in [6.45, 7) is 0. The maximum Gasteiger partial charge on any atom is 0.160 e. The molecular formula is C116H70N6O2. The third kappa shape index (κ3) is 11.0. The van der Waals surface area contributed by atoms with E-state index in [0.29, 0.717) is 5.82 Å². The van der Waals surface area contributed by atoms with E-state index < -0.39 is 10.8 Å². The van der Waals surface area contributed by atoms with Crippen LogP contribution in [0.25, 0.3) is 177 Å². The van der Waals surface area contributed by atoms with Crippen molar-refractivity contribution in [1.82, 2.24) is 29.9 Å². The first-order valence-corrected chi connectivity index (χ1v) is 42.2. The lowest BCUT2D eigenvalue weighted by Gasteiger charge is -2.39. The van der Waals surface area contributed by atoms with Crippen LogP contribution in [-0.4, -0.2) is 29.9 Å². The monoisotopic (exact) mass is 1580 g/mol. The molecule has 7 heterocycles. The highest BCUT2D eigenvalue weighted by Gasteiger charge is 2.53. The molecule has 576 valence electrons. The summed E-state index contributed by atoms with van der Waals surface area (Å²) >= 11 is 0. The first-order chi connectivity index (χ1) is 61.4. The Morgan fingerprint density at radius 2 is 0.556 bits per heavy atom. The van der Waals surface area contributed by atoms with Crippen LogP contribution < -0.4 is 9.47 Å². The maximum absolute atomic E-state index is 6.97. The minimum Gasteiger partial charge on any atom is -0.457 e. The molecule has 0 radical (unpaired) electrons. The molecule has 2 aliphatic heterocycles. The number of hydrogen-bond donors (Lipinski definition) is 0. The van der Waals surface area contributed by atoms with Gasteiger partial charge in [-0.05, 0) is 139 Å². The number of ether oxygens (including phenoxy) is 2. The largest absolute Gasteiger partial charge is 0.457 e. The van der Waals surface area contributed by atoms with Crippen LogP contribution in [0.2, 0.25) is 0 Å². The number of aromatic nitrogens is 6. The van der Waals surface area contributed by atoms with Gasteiger partial charge in [0.25, 0.3) is 0 Å². The van der Waals surface area contributed by atoms with Gasteiger partial charge in [-0.2, -0.15) is 0 Å². The Labute approximate surface area is 715 Å². The van der Waals surface area contributed by atoms with Crippen molar-refractivity contribution >= 4 is 65.2 Å². The second kappa shape index (κ2) is 28.1. The molecule has 0 atom stereocenters. The number of pyridine rings is 4. The van der Waals surface area contributed by atoms with Gasteiger partial charge in [-0.3, -0.25) is 0 Å². The Bertz CT molecular complexity index is 8030. The highest BCUT2D eigenvalue weighted by atomic mass is 16.5. The predicted octanol–water partition coefficient (Wildman–Crippen LogP) is 28.9. The summed E-state index contributed by atoms with van der Waals surface area (Å²) < 4.78 is 13.9. The Hall–Kier alpha value is -16.4. The molecule has 4 aliphatic rings. The highest BCUT2D eigenvalue weighted by molar-refractivity contribution is 6.15. The molecule has 8 nitrogen and oxygen atoms in total. The van der Waals surface area contributed by atoms with Crippen LogP contribution in [0.4, 0.5) is 0 Å². The smallest absolute Gasteiger partial charge is 0.160 e. The average molecular weight is 1580 g/mol. The van der Waals surface area contributed by atoms with Crippen molar-refractivity contribution < 1.29 is 9.47 Å². The van der Waals surface area contributed by atoms with Crippen molar-refractivity contribution in [1.29, 1.82) is 0 Å². The molecule has 22 aromatic rings. The number of nitrogens with zero attached hydrogens (tertiary/aromatic N) is 6. The summed E-state index contributed by atoms with van der Waals surface area (Å²) in [5.74, 6) is 4.18. The zero-order chi connectivity index (χ0) is 81.6. The zero-order valence-electron chi connectivity index (χ0n) is 66.9. The molecule has 2 aliphatic carbocycles. The molecule has 0 saturated carbocycles. The van der Waals surface area contributed by atoms with Gasteiger partial charge in [0, 0.05) is 93.5 Å². The SMILES string of the molecule is c1ccc(-c2cc(-c3ccc(-c4ccc5c(c4)nc(-c4ccccc4)c4cc6c(cc45)Oc4ccccc4C64c5ccccc5-c5ccccc54)cc3)nc(-c3ccccc3)n2)cc1.c1ccc(-c2ccc3ccc4ccc(-c5cccc(-c6nc7ccccc7c7cc8c(cc67)C6(c7ccccc7O8)c7ccccc7-c7ccccc76)c5)nc4c3n2)cc1. The standard InChI is InChI=1S/C60H37N3O.C56H33N3O/c1-4-16-39(17-5-1)53-37-54(63-59(62-53)42-20-8-3-9-21-42)40-30-28-38(29-31-40)43-32-33-46-47-36-57-52(35-48(47)58(61-55(46)34-43)41-18-6-2-7-19-41)60(51-26-14-15-27-56(51)64-57)49-24-12-10-22-44(49)45-23-11-13-25-50(45)60;1-2-13-34(14-3-1)48-29-27-35-25-26-36-28-30-49(58-55(36)54(35)57-48)37-15-12-16-38(31-37)53-43-32-47-52(33-42(43)41-19-6-10-23-50(41)59-53)60-51-24-11-9-22-46(51)56(47)44-20-7-4-17-39(44)40-18-5-8-21-45(40)56/h1-37H;1-33H. The minimum atomic E-state index is -0.581. The van der Waals surface area contributed by atoms with E-state index in [1.54, 1.807) is 0 Å². The lowest BCUT2D eigenvalue weighted by atomic mass is 9.65. The Morgan fingerprint density at radius 3 is 1.09 bits per heavy atom. The fourth-order valence-corrected chi connectivity index (χ4v) is 20.3. The molecule has 2 spiro atoms. The fourth-order valence-electron chi connectivity index (χ4n) is 20.3. The van der Waals surface area contributed by atoms with Crippen LogP contribution in [-0.2, 0) is 10.8 Å². The molecule has 0 amide bonds. The van der Waals surface area contributed by atoms with Crippen molar-refractivity contribution in [2.24, 2.45) is 0 Å². The molecule has 26 rings (SSSR count).